The van der Waals surface area contributed by atoms with Crippen molar-refractivity contribution >= 4 is 33.8 Å². The molecule has 8 nitrogen and oxygen atoms in total. The second-order valence-electron chi connectivity index (χ2n) is 8.80. The van der Waals surface area contributed by atoms with Crippen LogP contribution in [0.4, 0.5) is 18.9 Å². The van der Waals surface area contributed by atoms with Crippen molar-refractivity contribution in [3.63, 3.8) is 0 Å². The molecular weight excluding hydrogens is 523 g/mol. The summed E-state index contributed by atoms with van der Waals surface area (Å²) in [6.07, 6.45) is 0.519. The highest BCUT2D eigenvalue weighted by molar-refractivity contribution is 7.92. The summed E-state index contributed by atoms with van der Waals surface area (Å²) in [7, 11) is -4.45. The van der Waals surface area contributed by atoms with Crippen LogP contribution >= 0.6 is 0 Å². The van der Waals surface area contributed by atoms with E-state index in [1.54, 1.807) is 35.0 Å². The Hall–Kier alpha value is -3.80. The van der Waals surface area contributed by atoms with Crippen LogP contribution in [0.3, 0.4) is 0 Å². The van der Waals surface area contributed by atoms with Crippen molar-refractivity contribution in [1.29, 1.82) is 0 Å². The lowest BCUT2D eigenvalue weighted by Gasteiger charge is -2.35. The van der Waals surface area contributed by atoms with E-state index in [0.29, 0.717) is 17.3 Å². The van der Waals surface area contributed by atoms with E-state index < -0.39 is 38.7 Å². The van der Waals surface area contributed by atoms with E-state index in [1.807, 2.05) is 19.2 Å². The Kier molecular flexibility index (Phi) is 7.81. The van der Waals surface area contributed by atoms with Crippen LogP contribution < -0.4 is 9.04 Å². The molecule has 4 rings (SSSR count). The number of aliphatic carboxylic acids is 1. The summed E-state index contributed by atoms with van der Waals surface area (Å²) >= 11 is 0. The fourth-order valence-corrected chi connectivity index (χ4v) is 5.60. The molecule has 0 bridgehead atoms. The van der Waals surface area contributed by atoms with Gasteiger partial charge in [0.2, 0.25) is 0 Å². The van der Waals surface area contributed by atoms with Crippen LogP contribution in [-0.2, 0) is 27.5 Å². The van der Waals surface area contributed by atoms with Gasteiger partial charge in [0, 0.05) is 19.2 Å². The normalized spacial score (nSPS) is 15.9. The topological polar surface area (TPSA) is 102 Å². The number of hydrogen-bond acceptors (Lipinski definition) is 5. The molecule has 2 aromatic carbocycles. The predicted octanol–water partition coefficient (Wildman–Crippen LogP) is 5.30. The van der Waals surface area contributed by atoms with E-state index in [9.17, 15) is 26.4 Å². The van der Waals surface area contributed by atoms with E-state index in [2.05, 4.69) is 5.10 Å². The van der Waals surface area contributed by atoms with Gasteiger partial charge in [-0.1, -0.05) is 25.1 Å². The molecule has 1 aromatic heterocycles. The third-order valence-electron chi connectivity index (χ3n) is 5.90. The average molecular weight is 550 g/mol. The molecule has 0 aliphatic carbocycles. The van der Waals surface area contributed by atoms with Crippen molar-refractivity contribution < 1.29 is 36.2 Å². The molecular formula is C26H26F3N3O5S. The van der Waals surface area contributed by atoms with Gasteiger partial charge in [-0.15, -0.1) is 0 Å². The molecule has 0 spiro atoms. The number of carbonyl (C=O) groups is 1. The summed E-state index contributed by atoms with van der Waals surface area (Å²) in [5, 5.41) is 13.5. The van der Waals surface area contributed by atoms with Crippen molar-refractivity contribution in [2.75, 3.05) is 10.8 Å². The van der Waals surface area contributed by atoms with E-state index >= 15 is 0 Å². The number of alkyl halides is 3. The summed E-state index contributed by atoms with van der Waals surface area (Å²) in [5.74, 6) is -0.889. The second kappa shape index (κ2) is 10.9. The molecule has 38 heavy (non-hydrogen) atoms. The van der Waals surface area contributed by atoms with Crippen LogP contribution in [0.25, 0.3) is 12.2 Å². The van der Waals surface area contributed by atoms with Crippen molar-refractivity contribution in [2.24, 2.45) is 0 Å². The van der Waals surface area contributed by atoms with Crippen LogP contribution in [0.2, 0.25) is 0 Å². The van der Waals surface area contributed by atoms with Crippen LogP contribution in [-0.4, -0.2) is 41.9 Å². The molecule has 12 heteroatoms. The maximum Gasteiger partial charge on any atom is 0.416 e. The predicted molar refractivity (Wildman–Crippen MR) is 135 cm³/mol. The third-order valence-corrected chi connectivity index (χ3v) is 7.68. The number of halogens is 3. The number of benzene rings is 2. The summed E-state index contributed by atoms with van der Waals surface area (Å²) in [6, 6.07) is 10.2. The maximum atomic E-state index is 13.6. The quantitative estimate of drug-likeness (QED) is 0.389. The molecule has 0 radical (unpaired) electrons. The first-order chi connectivity index (χ1) is 18.0. The second-order valence-corrected chi connectivity index (χ2v) is 10.7. The number of anilines is 1. The molecule has 3 aromatic rings. The number of aromatic nitrogens is 2. The molecule has 1 aliphatic rings. The minimum atomic E-state index is -4.72. The van der Waals surface area contributed by atoms with Gasteiger partial charge >= 0.3 is 12.1 Å². The van der Waals surface area contributed by atoms with Crippen molar-refractivity contribution in [3.8, 4) is 5.75 Å². The van der Waals surface area contributed by atoms with Crippen LogP contribution in [0, 0.1) is 0 Å². The van der Waals surface area contributed by atoms with Crippen LogP contribution in [0.5, 0.6) is 5.75 Å². The number of hydrogen-bond donors (Lipinski definition) is 1. The highest BCUT2D eigenvalue weighted by Crippen LogP contribution is 2.40. The standard InChI is InChI=1S/C26H26F3N3O5S/c1-2-13-31-14-12-20(30-31)8-6-18-7-10-24-23(15-18)32(17-21(37-24)9-11-25(33)34)38(35,36)22-5-3-4-19(16-22)26(27,28)29/h3-8,10,12,14-16,21H,2,9,11,13,17H2,1H3,(H,33,34)/b8-6+/t21-/m0/s1. The summed E-state index contributed by atoms with van der Waals surface area (Å²) in [4.78, 5) is 10.6. The largest absolute Gasteiger partial charge is 0.486 e. The van der Waals surface area contributed by atoms with Gasteiger partial charge in [-0.3, -0.25) is 13.8 Å². The Bertz CT molecular complexity index is 1450. The fraction of sp³-hybridized carbons (Fsp3) is 0.308. The zero-order chi connectivity index (χ0) is 27.5. The third kappa shape index (κ3) is 6.18. The zero-order valence-corrected chi connectivity index (χ0v) is 21.2. The Morgan fingerprint density at radius 1 is 1.18 bits per heavy atom. The lowest BCUT2D eigenvalue weighted by atomic mass is 10.1. The number of nitrogens with zero attached hydrogens (tertiary/aromatic N) is 3. The molecule has 0 fully saturated rings. The Labute approximate surface area is 218 Å². The van der Waals surface area contributed by atoms with E-state index in [-0.39, 0.29) is 30.8 Å². The van der Waals surface area contributed by atoms with Gasteiger partial charge in [-0.05, 0) is 60.9 Å². The van der Waals surface area contributed by atoms with Gasteiger partial charge in [0.15, 0.2) is 0 Å². The smallest absolute Gasteiger partial charge is 0.416 e. The van der Waals surface area contributed by atoms with E-state index in [4.69, 9.17) is 9.84 Å². The highest BCUT2D eigenvalue weighted by Gasteiger charge is 2.37. The van der Waals surface area contributed by atoms with Crippen LogP contribution in [0.15, 0.2) is 59.6 Å². The first-order valence-corrected chi connectivity index (χ1v) is 13.4. The van der Waals surface area contributed by atoms with Gasteiger partial charge in [-0.25, -0.2) is 8.42 Å². The molecule has 1 atom stereocenters. The number of carboxylic acids is 1. The van der Waals surface area contributed by atoms with Crippen LogP contribution in [0.1, 0.15) is 43.0 Å². The number of rotatable bonds is 9. The van der Waals surface area contributed by atoms with E-state index in [1.165, 1.54) is 0 Å². The van der Waals surface area contributed by atoms with Crippen molar-refractivity contribution in [2.45, 2.75) is 49.9 Å². The lowest BCUT2D eigenvalue weighted by molar-refractivity contribution is -0.138. The van der Waals surface area contributed by atoms with Gasteiger partial charge in [0.05, 0.1) is 28.4 Å². The summed E-state index contributed by atoms with van der Waals surface area (Å²) in [6.45, 7) is 2.56. The molecule has 0 saturated carbocycles. The number of sulfonamides is 1. The molecule has 0 saturated heterocycles. The van der Waals surface area contributed by atoms with E-state index in [0.717, 1.165) is 35.5 Å². The highest BCUT2D eigenvalue weighted by atomic mass is 32.2. The minimum absolute atomic E-state index is 0.0193. The van der Waals surface area contributed by atoms with Crippen molar-refractivity contribution in [1.82, 2.24) is 9.78 Å². The monoisotopic (exact) mass is 549 g/mol. The summed E-state index contributed by atoms with van der Waals surface area (Å²) in [5.41, 5.74) is 0.376. The molecule has 202 valence electrons. The Morgan fingerprint density at radius 2 is 1.97 bits per heavy atom. The zero-order valence-electron chi connectivity index (χ0n) is 20.4. The number of ether oxygens (including phenoxy) is 1. The minimum Gasteiger partial charge on any atom is -0.486 e. The lowest BCUT2D eigenvalue weighted by Crippen LogP contribution is -2.43. The molecule has 2 heterocycles. The van der Waals surface area contributed by atoms with Gasteiger partial charge in [0.25, 0.3) is 10.0 Å². The van der Waals surface area contributed by atoms with Crippen molar-refractivity contribution in [3.05, 3.63) is 71.5 Å². The number of carboxylic acid groups (broad SMARTS) is 1. The fourth-order valence-electron chi connectivity index (χ4n) is 4.06. The van der Waals surface area contributed by atoms with Gasteiger partial charge < -0.3 is 9.84 Å². The maximum absolute atomic E-state index is 13.6. The number of fused-ring (bicyclic) bond motifs is 1. The molecule has 1 N–H and O–H groups in total. The Morgan fingerprint density at radius 3 is 2.68 bits per heavy atom. The van der Waals surface area contributed by atoms with Gasteiger partial charge in [-0.2, -0.15) is 18.3 Å². The molecule has 0 amide bonds. The number of aryl methyl sites for hydroxylation is 1. The Balaban J connectivity index is 1.71. The molecule has 1 aliphatic heterocycles. The molecule has 0 unspecified atom stereocenters. The first kappa shape index (κ1) is 27.2. The van der Waals surface area contributed by atoms with Gasteiger partial charge in [0.1, 0.15) is 11.9 Å². The average Bonchev–Trinajstić information content (AvgIpc) is 3.33. The SMILES string of the molecule is CCCn1ccc(/C=C/c2ccc3c(c2)N(S(=O)(=O)c2cccc(C(F)(F)F)c2)C[C@H](CCC(=O)O)O3)n1. The summed E-state index contributed by atoms with van der Waals surface area (Å²) < 4.78 is 75.8. The first-order valence-electron chi connectivity index (χ1n) is 11.9.